The van der Waals surface area contributed by atoms with Crippen LogP contribution in [0.4, 0.5) is 0 Å². The van der Waals surface area contributed by atoms with Gasteiger partial charge >= 0.3 is 5.97 Å². The lowest BCUT2D eigenvalue weighted by atomic mass is 10.4. The van der Waals surface area contributed by atoms with Gasteiger partial charge in [0, 0.05) is 18.4 Å². The second-order valence-electron chi connectivity index (χ2n) is 2.71. The summed E-state index contributed by atoms with van der Waals surface area (Å²) in [6.07, 6.45) is 2.17. The Bertz CT molecular complexity index is 353. The van der Waals surface area contributed by atoms with Crippen LogP contribution in [0.1, 0.15) is 12.1 Å². The van der Waals surface area contributed by atoms with Gasteiger partial charge in [-0.05, 0) is 19.1 Å². The first-order chi connectivity index (χ1) is 6.15. The lowest BCUT2D eigenvalue weighted by Crippen LogP contribution is -2.08. The third kappa shape index (κ3) is 2.42. The van der Waals surface area contributed by atoms with E-state index in [-0.39, 0.29) is 5.97 Å². The van der Waals surface area contributed by atoms with Crippen LogP contribution in [-0.4, -0.2) is 22.6 Å². The fourth-order valence-electron chi connectivity index (χ4n) is 1.07. The largest absolute Gasteiger partial charge is 0.469 e. The highest BCUT2D eigenvalue weighted by Crippen LogP contribution is 2.01. The number of aryl methyl sites for hydroxylation is 1. The molecule has 5 heteroatoms. The number of aromatic nitrogens is 2. The number of nitrogens with one attached hydrogen (secondary N) is 1. The van der Waals surface area contributed by atoms with Crippen molar-refractivity contribution in [1.82, 2.24) is 9.55 Å². The van der Waals surface area contributed by atoms with Gasteiger partial charge in [0.25, 0.3) is 0 Å². The molecule has 13 heavy (non-hydrogen) atoms. The minimum atomic E-state index is -0.220. The normalized spacial score (nSPS) is 10.0. The maximum atomic E-state index is 10.8. The van der Waals surface area contributed by atoms with Crippen LogP contribution in [0, 0.1) is 11.7 Å². The molecule has 1 N–H and O–H groups in total. The summed E-state index contributed by atoms with van der Waals surface area (Å²) >= 11 is 5.02. The van der Waals surface area contributed by atoms with E-state index in [2.05, 4.69) is 9.72 Å². The van der Waals surface area contributed by atoms with Crippen LogP contribution in [0.3, 0.4) is 0 Å². The third-order valence-electron chi connectivity index (χ3n) is 1.84. The molecule has 72 valence electrons. The van der Waals surface area contributed by atoms with Crippen molar-refractivity contribution < 1.29 is 9.53 Å². The van der Waals surface area contributed by atoms with E-state index < -0.39 is 0 Å². The maximum absolute atomic E-state index is 10.8. The van der Waals surface area contributed by atoms with E-state index in [9.17, 15) is 4.79 Å². The molecular weight excluding hydrogens is 188 g/mol. The summed E-state index contributed by atoms with van der Waals surface area (Å²) in [5, 5.41) is 0. The summed E-state index contributed by atoms with van der Waals surface area (Å²) in [5.74, 6) is -0.220. The number of rotatable bonds is 3. The monoisotopic (exact) mass is 200 g/mol. The Kier molecular flexibility index (Phi) is 3.25. The van der Waals surface area contributed by atoms with Gasteiger partial charge in [-0.2, -0.15) is 0 Å². The summed E-state index contributed by atoms with van der Waals surface area (Å²) in [6, 6.07) is 0. The summed E-state index contributed by atoms with van der Waals surface area (Å²) in [4.78, 5) is 13.8. The Morgan fingerprint density at radius 2 is 2.46 bits per heavy atom. The van der Waals surface area contributed by atoms with Gasteiger partial charge in [0.2, 0.25) is 0 Å². The van der Waals surface area contributed by atoms with E-state index in [4.69, 9.17) is 12.2 Å². The molecule has 0 aliphatic heterocycles. The van der Waals surface area contributed by atoms with Crippen LogP contribution in [0.15, 0.2) is 6.20 Å². The number of esters is 1. The number of H-pyrrole nitrogens is 1. The number of carbonyl (C=O) groups excluding carboxylic acids is 1. The highest BCUT2D eigenvalue weighted by molar-refractivity contribution is 7.71. The van der Waals surface area contributed by atoms with E-state index >= 15 is 0 Å². The fourth-order valence-corrected chi connectivity index (χ4v) is 1.36. The Morgan fingerprint density at radius 1 is 1.77 bits per heavy atom. The summed E-state index contributed by atoms with van der Waals surface area (Å²) in [5.41, 5.74) is 1.02. The molecule has 1 heterocycles. The highest BCUT2D eigenvalue weighted by Gasteiger charge is 2.03. The Hall–Kier alpha value is -1.10. The average molecular weight is 200 g/mol. The second kappa shape index (κ2) is 4.23. The van der Waals surface area contributed by atoms with Crippen molar-refractivity contribution in [2.45, 2.75) is 19.9 Å². The molecule has 1 aromatic heterocycles. The summed E-state index contributed by atoms with van der Waals surface area (Å²) in [7, 11) is 1.38. The van der Waals surface area contributed by atoms with E-state index in [1.54, 1.807) is 0 Å². The zero-order chi connectivity index (χ0) is 9.84. The molecular formula is C8H12N2O2S. The molecule has 0 radical (unpaired) electrons. The molecule has 0 aromatic carbocycles. The fraction of sp³-hybridized carbons (Fsp3) is 0.500. The van der Waals surface area contributed by atoms with Crippen molar-refractivity contribution in [3.63, 3.8) is 0 Å². The molecule has 0 aliphatic carbocycles. The van der Waals surface area contributed by atoms with E-state index in [0.29, 0.717) is 17.7 Å². The molecule has 0 saturated carbocycles. The summed E-state index contributed by atoms with van der Waals surface area (Å²) < 4.78 is 7.04. The number of carbonyl (C=O) groups is 1. The number of hydrogen-bond donors (Lipinski definition) is 1. The van der Waals surface area contributed by atoms with Crippen LogP contribution in [0.5, 0.6) is 0 Å². The van der Waals surface area contributed by atoms with Crippen molar-refractivity contribution in [2.24, 2.45) is 0 Å². The van der Waals surface area contributed by atoms with Crippen LogP contribution >= 0.6 is 12.2 Å². The molecule has 1 aromatic rings. The SMILES string of the molecule is COC(=O)CCn1c(C)c[nH]c1=S. The molecule has 0 bridgehead atoms. The van der Waals surface area contributed by atoms with E-state index in [0.717, 1.165) is 5.69 Å². The van der Waals surface area contributed by atoms with Crippen molar-refractivity contribution in [3.05, 3.63) is 16.7 Å². The first-order valence-corrected chi connectivity index (χ1v) is 4.37. The maximum Gasteiger partial charge on any atom is 0.307 e. The first-order valence-electron chi connectivity index (χ1n) is 3.96. The molecule has 0 spiro atoms. The predicted molar refractivity (Wildman–Crippen MR) is 51.0 cm³/mol. The van der Waals surface area contributed by atoms with E-state index in [1.165, 1.54) is 7.11 Å². The lowest BCUT2D eigenvalue weighted by Gasteiger charge is -2.03. The number of hydrogen-bond acceptors (Lipinski definition) is 3. The van der Waals surface area contributed by atoms with Gasteiger partial charge in [-0.1, -0.05) is 0 Å². The zero-order valence-corrected chi connectivity index (χ0v) is 8.48. The number of nitrogens with zero attached hydrogens (tertiary/aromatic N) is 1. The summed E-state index contributed by atoms with van der Waals surface area (Å²) in [6.45, 7) is 2.50. The van der Waals surface area contributed by atoms with Gasteiger partial charge in [-0.3, -0.25) is 4.79 Å². The van der Waals surface area contributed by atoms with Crippen molar-refractivity contribution >= 4 is 18.2 Å². The van der Waals surface area contributed by atoms with Crippen LogP contribution in [0.2, 0.25) is 0 Å². The first kappa shape index (κ1) is 9.98. The van der Waals surface area contributed by atoms with Gasteiger partial charge in [-0.25, -0.2) is 0 Å². The molecule has 0 atom stereocenters. The van der Waals surface area contributed by atoms with Gasteiger partial charge in [0.05, 0.1) is 13.5 Å². The van der Waals surface area contributed by atoms with E-state index in [1.807, 2.05) is 17.7 Å². The average Bonchev–Trinajstić information content (AvgIpc) is 2.43. The molecule has 0 fully saturated rings. The number of aromatic amines is 1. The lowest BCUT2D eigenvalue weighted by molar-refractivity contribution is -0.140. The molecule has 1 rings (SSSR count). The van der Waals surface area contributed by atoms with Crippen molar-refractivity contribution in [3.8, 4) is 0 Å². The Morgan fingerprint density at radius 3 is 2.92 bits per heavy atom. The number of imidazole rings is 1. The van der Waals surface area contributed by atoms with Crippen LogP contribution in [0.25, 0.3) is 0 Å². The smallest absolute Gasteiger partial charge is 0.307 e. The minimum Gasteiger partial charge on any atom is -0.469 e. The van der Waals surface area contributed by atoms with Gasteiger partial charge in [-0.15, -0.1) is 0 Å². The third-order valence-corrected chi connectivity index (χ3v) is 2.18. The molecule has 4 nitrogen and oxygen atoms in total. The van der Waals surface area contributed by atoms with Crippen LogP contribution < -0.4 is 0 Å². The Labute approximate surface area is 81.5 Å². The van der Waals surface area contributed by atoms with Crippen LogP contribution in [-0.2, 0) is 16.1 Å². The predicted octanol–water partition coefficient (Wildman–Crippen LogP) is 1.42. The number of methoxy groups -OCH3 is 1. The van der Waals surface area contributed by atoms with Gasteiger partial charge in [0.1, 0.15) is 0 Å². The molecule has 0 aliphatic rings. The van der Waals surface area contributed by atoms with Gasteiger partial charge < -0.3 is 14.3 Å². The minimum absolute atomic E-state index is 0.220. The molecule has 0 saturated heterocycles. The zero-order valence-electron chi connectivity index (χ0n) is 7.66. The standard InChI is InChI=1S/C8H12N2O2S/c1-6-5-9-8(13)10(6)4-3-7(11)12-2/h5H,3-4H2,1-2H3,(H,9,13). The van der Waals surface area contributed by atoms with Crippen molar-refractivity contribution in [2.75, 3.05) is 7.11 Å². The van der Waals surface area contributed by atoms with Crippen molar-refractivity contribution in [1.29, 1.82) is 0 Å². The quantitative estimate of drug-likeness (QED) is 0.593. The van der Waals surface area contributed by atoms with Gasteiger partial charge in [0.15, 0.2) is 4.77 Å². The Balaban J connectivity index is 2.64. The topological polar surface area (TPSA) is 47.0 Å². The highest BCUT2D eigenvalue weighted by atomic mass is 32.1. The second-order valence-corrected chi connectivity index (χ2v) is 3.10. The number of ether oxygens (including phenoxy) is 1. The molecule has 0 amide bonds. The molecule has 0 unspecified atom stereocenters.